The largest absolute Gasteiger partial charge is 0.454 e. The van der Waals surface area contributed by atoms with Gasteiger partial charge < -0.3 is 9.30 Å². The second-order valence-electron chi connectivity index (χ2n) is 6.93. The van der Waals surface area contributed by atoms with Gasteiger partial charge in [-0.2, -0.15) is 5.26 Å². The number of benzene rings is 2. The number of carbonyl (C=O) groups excluding carboxylic acids is 2. The van der Waals surface area contributed by atoms with Crippen molar-refractivity contribution in [2.45, 2.75) is 26.8 Å². The van der Waals surface area contributed by atoms with Gasteiger partial charge in [-0.3, -0.25) is 4.79 Å². The number of nitriles is 1. The Hall–Kier alpha value is -3.65. The molecule has 0 aliphatic rings. The van der Waals surface area contributed by atoms with Gasteiger partial charge in [0.1, 0.15) is 0 Å². The maximum absolute atomic E-state index is 12.7. The van der Waals surface area contributed by atoms with Crippen LogP contribution in [0.5, 0.6) is 0 Å². The summed E-state index contributed by atoms with van der Waals surface area (Å²) in [7, 11) is 0. The van der Waals surface area contributed by atoms with Crippen molar-refractivity contribution in [3.05, 3.63) is 94.3 Å². The van der Waals surface area contributed by atoms with Gasteiger partial charge in [-0.05, 0) is 50.6 Å². The van der Waals surface area contributed by atoms with Crippen LogP contribution in [0.2, 0.25) is 0 Å². The lowest BCUT2D eigenvalue weighted by Gasteiger charge is -2.19. The van der Waals surface area contributed by atoms with Crippen molar-refractivity contribution in [1.29, 1.82) is 5.26 Å². The molecule has 2 aromatic carbocycles. The molecule has 1 aromatic heterocycles. The first-order chi connectivity index (χ1) is 13.9. The molecule has 0 unspecified atom stereocenters. The summed E-state index contributed by atoms with van der Waals surface area (Å²) in [5, 5.41) is 8.94. The lowest BCUT2D eigenvalue weighted by Crippen LogP contribution is -2.16. The highest BCUT2D eigenvalue weighted by Crippen LogP contribution is 2.25. The van der Waals surface area contributed by atoms with Crippen LogP contribution >= 0.6 is 0 Å². The Bertz CT molecular complexity index is 1090. The van der Waals surface area contributed by atoms with E-state index in [1.807, 2.05) is 44.2 Å². The van der Waals surface area contributed by atoms with Crippen molar-refractivity contribution >= 4 is 11.8 Å². The van der Waals surface area contributed by atoms with Gasteiger partial charge in [0.25, 0.3) is 0 Å². The molecular formula is C24H22N2O3. The lowest BCUT2D eigenvalue weighted by atomic mass is 10.1. The van der Waals surface area contributed by atoms with E-state index in [-0.39, 0.29) is 24.0 Å². The normalized spacial score (nSPS) is 11.5. The molecule has 29 heavy (non-hydrogen) atoms. The van der Waals surface area contributed by atoms with E-state index in [1.165, 1.54) is 6.07 Å². The second-order valence-corrected chi connectivity index (χ2v) is 6.93. The lowest BCUT2D eigenvalue weighted by molar-refractivity contribution is 0.0474. The van der Waals surface area contributed by atoms with Gasteiger partial charge in [0.2, 0.25) is 5.78 Å². The summed E-state index contributed by atoms with van der Waals surface area (Å²) in [4.78, 5) is 24.9. The van der Waals surface area contributed by atoms with Crippen molar-refractivity contribution in [1.82, 2.24) is 4.57 Å². The van der Waals surface area contributed by atoms with Crippen LogP contribution in [0.15, 0.2) is 60.7 Å². The van der Waals surface area contributed by atoms with Gasteiger partial charge in [0.15, 0.2) is 6.61 Å². The van der Waals surface area contributed by atoms with E-state index < -0.39 is 5.97 Å². The molecule has 1 heterocycles. The highest BCUT2D eigenvalue weighted by Gasteiger charge is 2.21. The number of nitrogens with zero attached hydrogens (tertiary/aromatic N) is 2. The topological polar surface area (TPSA) is 72.1 Å². The minimum Gasteiger partial charge on any atom is -0.454 e. The highest BCUT2D eigenvalue weighted by atomic mass is 16.5. The van der Waals surface area contributed by atoms with Crippen LogP contribution in [0, 0.1) is 25.2 Å². The molecule has 0 spiro atoms. The van der Waals surface area contributed by atoms with Crippen molar-refractivity contribution in [3.63, 3.8) is 0 Å². The fraction of sp³-hybridized carbons (Fsp3) is 0.208. The summed E-state index contributed by atoms with van der Waals surface area (Å²) in [5.74, 6) is -0.878. The molecule has 0 saturated carbocycles. The fourth-order valence-corrected chi connectivity index (χ4v) is 3.54. The number of rotatable bonds is 6. The number of ether oxygens (including phenoxy) is 1. The van der Waals surface area contributed by atoms with Gasteiger partial charge >= 0.3 is 5.97 Å². The molecule has 0 fully saturated rings. The van der Waals surface area contributed by atoms with Gasteiger partial charge in [0, 0.05) is 17.0 Å². The van der Waals surface area contributed by atoms with Gasteiger partial charge in [0.05, 0.1) is 23.2 Å². The summed E-state index contributed by atoms with van der Waals surface area (Å²) >= 11 is 0. The number of Topliss-reactive ketones (excluding diaryl/α,β-unsaturated/α-hetero) is 1. The quantitative estimate of drug-likeness (QED) is 0.457. The average Bonchev–Trinajstić information content (AvgIpc) is 3.05. The first kappa shape index (κ1) is 20.1. The molecule has 0 radical (unpaired) electrons. The van der Waals surface area contributed by atoms with Gasteiger partial charge in [-0.25, -0.2) is 4.79 Å². The van der Waals surface area contributed by atoms with Crippen LogP contribution in [-0.2, 0) is 4.74 Å². The summed E-state index contributed by atoms with van der Waals surface area (Å²) in [6.45, 7) is 5.60. The molecule has 3 aromatic rings. The molecule has 0 saturated heterocycles. The predicted molar refractivity (Wildman–Crippen MR) is 110 cm³/mol. The van der Waals surface area contributed by atoms with Crippen LogP contribution < -0.4 is 0 Å². The number of ketones is 1. The molecular weight excluding hydrogens is 364 g/mol. The van der Waals surface area contributed by atoms with E-state index in [0.29, 0.717) is 11.1 Å². The molecule has 146 valence electrons. The maximum Gasteiger partial charge on any atom is 0.338 e. The number of carbonyl (C=O) groups is 2. The van der Waals surface area contributed by atoms with Crippen LogP contribution in [0.3, 0.4) is 0 Å². The number of hydrogen-bond acceptors (Lipinski definition) is 4. The molecule has 0 bridgehead atoms. The zero-order valence-corrected chi connectivity index (χ0v) is 16.7. The van der Waals surface area contributed by atoms with Crippen molar-refractivity contribution < 1.29 is 14.3 Å². The molecule has 5 nitrogen and oxygen atoms in total. The van der Waals surface area contributed by atoms with E-state index in [4.69, 9.17) is 10.00 Å². The molecule has 3 rings (SSSR count). The Kier molecular flexibility index (Phi) is 5.94. The van der Waals surface area contributed by atoms with E-state index >= 15 is 0 Å². The maximum atomic E-state index is 12.7. The Morgan fingerprint density at radius 1 is 1.07 bits per heavy atom. The van der Waals surface area contributed by atoms with Crippen LogP contribution in [0.4, 0.5) is 0 Å². The van der Waals surface area contributed by atoms with Crippen molar-refractivity contribution in [2.24, 2.45) is 0 Å². The molecule has 0 amide bonds. The zero-order valence-electron chi connectivity index (χ0n) is 16.7. The summed E-state index contributed by atoms with van der Waals surface area (Å²) in [6, 6.07) is 20.2. The SMILES string of the molecule is Cc1cc(C(=O)COC(=O)c2cccc(C#N)c2)c(C)n1[C@H](C)c1ccccc1. The monoisotopic (exact) mass is 386 g/mol. The third-order valence-corrected chi connectivity index (χ3v) is 5.02. The first-order valence-electron chi connectivity index (χ1n) is 9.36. The fourth-order valence-electron chi connectivity index (χ4n) is 3.54. The van der Waals surface area contributed by atoms with Crippen molar-refractivity contribution in [2.75, 3.05) is 6.61 Å². The zero-order chi connectivity index (χ0) is 21.0. The number of hydrogen-bond donors (Lipinski definition) is 0. The Labute approximate surface area is 170 Å². The third-order valence-electron chi connectivity index (χ3n) is 5.02. The summed E-state index contributed by atoms with van der Waals surface area (Å²) < 4.78 is 7.30. The molecule has 0 aliphatic carbocycles. The van der Waals surface area contributed by atoms with Gasteiger partial charge in [-0.15, -0.1) is 0 Å². The average molecular weight is 386 g/mol. The van der Waals surface area contributed by atoms with E-state index in [2.05, 4.69) is 23.6 Å². The Morgan fingerprint density at radius 2 is 1.79 bits per heavy atom. The first-order valence-corrected chi connectivity index (χ1v) is 9.36. The molecule has 1 atom stereocenters. The van der Waals surface area contributed by atoms with E-state index in [0.717, 1.165) is 17.0 Å². The van der Waals surface area contributed by atoms with Crippen LogP contribution in [-0.4, -0.2) is 22.9 Å². The minimum atomic E-state index is -0.623. The van der Waals surface area contributed by atoms with E-state index in [1.54, 1.807) is 18.2 Å². The van der Waals surface area contributed by atoms with Gasteiger partial charge in [-0.1, -0.05) is 36.4 Å². The molecule has 0 N–H and O–H groups in total. The van der Waals surface area contributed by atoms with Crippen molar-refractivity contribution in [3.8, 4) is 6.07 Å². The van der Waals surface area contributed by atoms with Crippen LogP contribution in [0.25, 0.3) is 0 Å². The number of aryl methyl sites for hydroxylation is 1. The Morgan fingerprint density at radius 3 is 2.48 bits per heavy atom. The summed E-state index contributed by atoms with van der Waals surface area (Å²) in [5.41, 5.74) is 4.12. The standard InChI is InChI=1S/C24H22N2O3/c1-16-12-22(18(3)26(16)17(2)20-9-5-4-6-10-20)23(27)15-29-24(28)21-11-7-8-19(13-21)14-25/h4-13,17H,15H2,1-3H3/t17-/m1/s1. The Balaban J connectivity index is 1.75. The van der Waals surface area contributed by atoms with Crippen LogP contribution in [0.1, 0.15) is 56.2 Å². The molecule has 5 heteroatoms. The number of esters is 1. The third kappa shape index (κ3) is 4.27. The minimum absolute atomic E-state index is 0.0778. The predicted octanol–water partition coefficient (Wildman–Crippen LogP) is 4.63. The van der Waals surface area contributed by atoms with E-state index in [9.17, 15) is 9.59 Å². The smallest absolute Gasteiger partial charge is 0.338 e. The second kappa shape index (κ2) is 8.57. The summed E-state index contributed by atoms with van der Waals surface area (Å²) in [6.07, 6.45) is 0. The number of aromatic nitrogens is 1. The molecule has 0 aliphatic heterocycles. The highest BCUT2D eigenvalue weighted by molar-refractivity contribution is 6.00.